The van der Waals surface area contributed by atoms with E-state index >= 15 is 0 Å². The second-order valence-electron chi connectivity index (χ2n) is 5.25. The van der Waals surface area contributed by atoms with Crippen LogP contribution in [0.1, 0.15) is 41.6 Å². The van der Waals surface area contributed by atoms with Crippen molar-refractivity contribution in [2.24, 2.45) is 5.92 Å². The third-order valence-corrected chi connectivity index (χ3v) is 3.84. The largest absolute Gasteiger partial charge is 0.481 e. The molecule has 2 unspecified atom stereocenters. The standard InChI is InChI=1S/C15H18FNO3/c1-9-5-4-7-11(13(9)16)14(18)17-12-8-3-2-6-10(12)15(19)20/h4-5,7,10,12H,2-3,6,8H2,1H3,(H,17,18)(H,19,20). The van der Waals surface area contributed by atoms with Crippen LogP contribution in [0.2, 0.25) is 0 Å². The first-order chi connectivity index (χ1) is 9.50. The van der Waals surface area contributed by atoms with Gasteiger partial charge in [0, 0.05) is 6.04 Å². The highest BCUT2D eigenvalue weighted by atomic mass is 19.1. The Labute approximate surface area is 117 Å². The predicted molar refractivity (Wildman–Crippen MR) is 72.0 cm³/mol. The predicted octanol–water partition coefficient (Wildman–Crippen LogP) is 2.51. The van der Waals surface area contributed by atoms with Gasteiger partial charge in [0.05, 0.1) is 11.5 Å². The molecule has 1 saturated carbocycles. The number of hydrogen-bond acceptors (Lipinski definition) is 2. The Morgan fingerprint density at radius 2 is 2.00 bits per heavy atom. The minimum absolute atomic E-state index is 0.0280. The highest BCUT2D eigenvalue weighted by Crippen LogP contribution is 2.25. The lowest BCUT2D eigenvalue weighted by molar-refractivity contribution is -0.143. The molecule has 1 aromatic rings. The normalized spacial score (nSPS) is 22.3. The molecular weight excluding hydrogens is 261 g/mol. The van der Waals surface area contributed by atoms with Crippen molar-refractivity contribution in [3.05, 3.63) is 35.1 Å². The Kier molecular flexibility index (Phi) is 4.37. The number of benzene rings is 1. The van der Waals surface area contributed by atoms with Gasteiger partial charge in [0.1, 0.15) is 5.82 Å². The summed E-state index contributed by atoms with van der Waals surface area (Å²) in [5, 5.41) is 11.8. The summed E-state index contributed by atoms with van der Waals surface area (Å²) in [6.45, 7) is 1.59. The molecule has 20 heavy (non-hydrogen) atoms. The zero-order valence-electron chi connectivity index (χ0n) is 11.4. The van der Waals surface area contributed by atoms with Gasteiger partial charge in [0.2, 0.25) is 0 Å². The number of halogens is 1. The molecule has 0 radical (unpaired) electrons. The van der Waals surface area contributed by atoms with Crippen LogP contribution >= 0.6 is 0 Å². The van der Waals surface area contributed by atoms with E-state index in [2.05, 4.69) is 5.32 Å². The van der Waals surface area contributed by atoms with Crippen molar-refractivity contribution in [3.8, 4) is 0 Å². The Morgan fingerprint density at radius 3 is 2.70 bits per heavy atom. The summed E-state index contributed by atoms with van der Waals surface area (Å²) in [4.78, 5) is 23.3. The number of rotatable bonds is 3. The maximum absolute atomic E-state index is 13.9. The first-order valence-electron chi connectivity index (χ1n) is 6.79. The summed E-state index contributed by atoms with van der Waals surface area (Å²) in [6.07, 6.45) is 2.90. The fourth-order valence-electron chi connectivity index (χ4n) is 2.67. The summed E-state index contributed by atoms with van der Waals surface area (Å²) < 4.78 is 13.9. The quantitative estimate of drug-likeness (QED) is 0.893. The molecular formula is C15H18FNO3. The van der Waals surface area contributed by atoms with Gasteiger partial charge in [-0.05, 0) is 31.4 Å². The number of amides is 1. The number of carboxylic acids is 1. The minimum Gasteiger partial charge on any atom is -0.481 e. The molecule has 0 spiro atoms. The molecule has 1 amide bonds. The van der Waals surface area contributed by atoms with Crippen molar-refractivity contribution in [2.75, 3.05) is 0 Å². The number of hydrogen-bond donors (Lipinski definition) is 2. The summed E-state index contributed by atoms with van der Waals surface area (Å²) >= 11 is 0. The molecule has 0 saturated heterocycles. The van der Waals surface area contributed by atoms with E-state index < -0.39 is 29.7 Å². The number of carbonyl (C=O) groups is 2. The number of aryl methyl sites for hydroxylation is 1. The zero-order chi connectivity index (χ0) is 14.7. The van der Waals surface area contributed by atoms with E-state index in [1.54, 1.807) is 19.1 Å². The maximum atomic E-state index is 13.9. The molecule has 1 aliphatic carbocycles. The number of nitrogens with one attached hydrogen (secondary N) is 1. The monoisotopic (exact) mass is 279 g/mol. The van der Waals surface area contributed by atoms with E-state index in [0.29, 0.717) is 18.4 Å². The molecule has 0 heterocycles. The Bertz CT molecular complexity index is 530. The molecule has 0 aliphatic heterocycles. The minimum atomic E-state index is -0.903. The van der Waals surface area contributed by atoms with Crippen LogP contribution in [0.4, 0.5) is 4.39 Å². The SMILES string of the molecule is Cc1cccc(C(=O)NC2CCCCC2C(=O)O)c1F. The van der Waals surface area contributed by atoms with E-state index in [4.69, 9.17) is 5.11 Å². The molecule has 108 valence electrons. The van der Waals surface area contributed by atoms with Crippen molar-refractivity contribution in [3.63, 3.8) is 0 Å². The molecule has 2 rings (SSSR count). The van der Waals surface area contributed by atoms with E-state index in [-0.39, 0.29) is 5.56 Å². The van der Waals surface area contributed by atoms with Gasteiger partial charge in [-0.2, -0.15) is 0 Å². The second kappa shape index (κ2) is 6.03. The molecule has 1 aliphatic rings. The number of carboxylic acid groups (broad SMARTS) is 1. The van der Waals surface area contributed by atoms with Gasteiger partial charge in [-0.1, -0.05) is 25.0 Å². The molecule has 2 atom stereocenters. The van der Waals surface area contributed by atoms with Gasteiger partial charge < -0.3 is 10.4 Å². The van der Waals surface area contributed by atoms with Gasteiger partial charge in [0.15, 0.2) is 0 Å². The highest BCUT2D eigenvalue weighted by Gasteiger charge is 2.32. The van der Waals surface area contributed by atoms with Crippen molar-refractivity contribution < 1.29 is 19.1 Å². The molecule has 0 aromatic heterocycles. The lowest BCUT2D eigenvalue weighted by atomic mass is 9.84. The van der Waals surface area contributed by atoms with Crippen molar-refractivity contribution in [1.29, 1.82) is 0 Å². The highest BCUT2D eigenvalue weighted by molar-refractivity contribution is 5.95. The van der Waals surface area contributed by atoms with E-state index in [9.17, 15) is 14.0 Å². The third-order valence-electron chi connectivity index (χ3n) is 3.84. The molecule has 1 fully saturated rings. The summed E-state index contributed by atoms with van der Waals surface area (Å²) in [5.74, 6) is -2.57. The lowest BCUT2D eigenvalue weighted by Gasteiger charge is -2.29. The van der Waals surface area contributed by atoms with Gasteiger partial charge in [0.25, 0.3) is 5.91 Å². The van der Waals surface area contributed by atoms with Gasteiger partial charge >= 0.3 is 5.97 Å². The maximum Gasteiger partial charge on any atom is 0.308 e. The Morgan fingerprint density at radius 1 is 1.30 bits per heavy atom. The Hall–Kier alpha value is -1.91. The lowest BCUT2D eigenvalue weighted by Crippen LogP contribution is -2.45. The van der Waals surface area contributed by atoms with Crippen LogP contribution in [-0.2, 0) is 4.79 Å². The molecule has 4 nitrogen and oxygen atoms in total. The van der Waals surface area contributed by atoms with Crippen LogP contribution in [-0.4, -0.2) is 23.0 Å². The number of aliphatic carboxylic acids is 1. The van der Waals surface area contributed by atoms with Crippen LogP contribution in [0.15, 0.2) is 18.2 Å². The van der Waals surface area contributed by atoms with E-state index in [1.165, 1.54) is 6.07 Å². The number of carbonyl (C=O) groups excluding carboxylic acids is 1. The van der Waals surface area contributed by atoms with Crippen molar-refractivity contribution in [2.45, 2.75) is 38.6 Å². The first-order valence-corrected chi connectivity index (χ1v) is 6.79. The van der Waals surface area contributed by atoms with Crippen molar-refractivity contribution >= 4 is 11.9 Å². The van der Waals surface area contributed by atoms with E-state index in [0.717, 1.165) is 12.8 Å². The summed E-state index contributed by atoms with van der Waals surface area (Å²) in [5.41, 5.74) is 0.371. The molecule has 5 heteroatoms. The smallest absolute Gasteiger partial charge is 0.308 e. The molecule has 1 aromatic carbocycles. The molecule has 2 N–H and O–H groups in total. The topological polar surface area (TPSA) is 66.4 Å². The molecule has 0 bridgehead atoms. The zero-order valence-corrected chi connectivity index (χ0v) is 11.4. The van der Waals surface area contributed by atoms with E-state index in [1.807, 2.05) is 0 Å². The summed E-state index contributed by atoms with van der Waals surface area (Å²) in [7, 11) is 0. The van der Waals surface area contributed by atoms with Crippen molar-refractivity contribution in [1.82, 2.24) is 5.32 Å². The van der Waals surface area contributed by atoms with Crippen LogP contribution in [0.3, 0.4) is 0 Å². The Balaban J connectivity index is 2.14. The van der Waals surface area contributed by atoms with Gasteiger partial charge in [-0.15, -0.1) is 0 Å². The van der Waals surface area contributed by atoms with Crippen LogP contribution in [0.5, 0.6) is 0 Å². The average Bonchev–Trinajstić information content (AvgIpc) is 2.42. The van der Waals surface area contributed by atoms with Crippen LogP contribution in [0, 0.1) is 18.7 Å². The third kappa shape index (κ3) is 2.98. The fourth-order valence-corrected chi connectivity index (χ4v) is 2.67. The first kappa shape index (κ1) is 14.5. The van der Waals surface area contributed by atoms with Gasteiger partial charge in [-0.3, -0.25) is 9.59 Å². The summed E-state index contributed by atoms with van der Waals surface area (Å²) in [6, 6.07) is 4.19. The second-order valence-corrected chi connectivity index (χ2v) is 5.25. The van der Waals surface area contributed by atoms with Crippen LogP contribution in [0.25, 0.3) is 0 Å². The fraction of sp³-hybridized carbons (Fsp3) is 0.467. The average molecular weight is 279 g/mol. The van der Waals surface area contributed by atoms with Gasteiger partial charge in [-0.25, -0.2) is 4.39 Å². The van der Waals surface area contributed by atoms with Crippen LogP contribution < -0.4 is 5.32 Å².